The van der Waals surface area contributed by atoms with Gasteiger partial charge in [-0.25, -0.2) is 19.0 Å². The molecule has 0 radical (unpaired) electrons. The van der Waals surface area contributed by atoms with Crippen LogP contribution in [0.25, 0.3) is 10.8 Å². The van der Waals surface area contributed by atoms with Crippen molar-refractivity contribution in [3.63, 3.8) is 0 Å². The van der Waals surface area contributed by atoms with Gasteiger partial charge in [-0.3, -0.25) is 4.84 Å². The number of carbonyl (C=O) groups is 2. The van der Waals surface area contributed by atoms with Crippen LogP contribution in [0.5, 0.6) is 5.75 Å². The Morgan fingerprint density at radius 1 is 1.05 bits per heavy atom. The Morgan fingerprint density at radius 2 is 1.74 bits per heavy atom. The molecule has 204 valence electrons. The minimum absolute atomic E-state index is 0.0647. The van der Waals surface area contributed by atoms with Gasteiger partial charge in [-0.15, -0.1) is 5.06 Å². The number of aryl methyl sites for hydroxylation is 1. The van der Waals surface area contributed by atoms with E-state index in [2.05, 4.69) is 10.3 Å². The summed E-state index contributed by atoms with van der Waals surface area (Å²) < 4.78 is 25.6. The van der Waals surface area contributed by atoms with E-state index in [-0.39, 0.29) is 11.4 Å². The van der Waals surface area contributed by atoms with Crippen molar-refractivity contribution < 1.29 is 33.4 Å². The van der Waals surface area contributed by atoms with E-state index in [1.165, 1.54) is 25.4 Å². The number of anilines is 2. The number of hydrogen-bond acceptors (Lipinski definition) is 7. The highest BCUT2D eigenvalue weighted by molar-refractivity contribution is 6.00. The quantitative estimate of drug-likeness (QED) is 0.340. The number of hydroxylamine groups is 1. The third kappa shape index (κ3) is 6.89. The molecule has 10 heteroatoms. The summed E-state index contributed by atoms with van der Waals surface area (Å²) >= 11 is 0. The number of nitrogens with one attached hydrogen (secondary N) is 1. The van der Waals surface area contributed by atoms with Gasteiger partial charge >= 0.3 is 12.1 Å². The van der Waals surface area contributed by atoms with Crippen LogP contribution in [0.15, 0.2) is 42.6 Å². The van der Waals surface area contributed by atoms with Gasteiger partial charge in [0.15, 0.2) is 11.9 Å². The van der Waals surface area contributed by atoms with Crippen LogP contribution in [0.3, 0.4) is 0 Å². The van der Waals surface area contributed by atoms with Gasteiger partial charge in [0.2, 0.25) is 0 Å². The molecule has 9 nitrogen and oxygen atoms in total. The first-order valence-electron chi connectivity index (χ1n) is 12.0. The zero-order chi connectivity index (χ0) is 28.4. The molecule has 1 heterocycles. The summed E-state index contributed by atoms with van der Waals surface area (Å²) in [6.07, 6.45) is 0.772. The lowest BCUT2D eigenvalue weighted by atomic mass is 10.0. The second-order valence-corrected chi connectivity index (χ2v) is 10.8. The maximum Gasteiger partial charge on any atom is 0.440 e. The Labute approximate surface area is 221 Å². The molecule has 2 N–H and O–H groups in total. The fourth-order valence-electron chi connectivity index (χ4n) is 3.71. The number of carboxylic acids is 1. The van der Waals surface area contributed by atoms with Crippen molar-refractivity contribution in [2.45, 2.75) is 65.7 Å². The molecule has 1 unspecified atom stereocenters. The van der Waals surface area contributed by atoms with Crippen LogP contribution >= 0.6 is 0 Å². The summed E-state index contributed by atoms with van der Waals surface area (Å²) in [5.74, 6) is -1.34. The Balaban J connectivity index is 2.03. The SMILES string of the molecule is COc1cc(C(Nc2ccc3c(N(OC(C)(C)C)C(=O)OC(C)(C)C)nccc3c2)C(=O)O)c(F)cc1C. The zero-order valence-electron chi connectivity index (χ0n) is 22.9. The fraction of sp³-hybridized carbons (Fsp3) is 0.393. The second-order valence-electron chi connectivity index (χ2n) is 10.8. The van der Waals surface area contributed by atoms with Crippen molar-refractivity contribution in [1.82, 2.24) is 4.98 Å². The number of aromatic nitrogens is 1. The third-order valence-electron chi connectivity index (χ3n) is 5.24. The maximum atomic E-state index is 14.8. The molecule has 0 spiro atoms. The number of aliphatic carboxylic acids is 1. The molecule has 0 aliphatic heterocycles. The lowest BCUT2D eigenvalue weighted by molar-refractivity contribution is -0.138. The lowest BCUT2D eigenvalue weighted by Gasteiger charge is -2.31. The standard InChI is InChI=1S/C28H34FN3O6/c1-16-13-21(29)20(15-22(16)36-8)23(25(33)34)31-18-9-10-19-17(14-18)11-12-30-24(19)32(38-28(5,6)7)26(35)37-27(2,3)4/h9-15,23,31H,1-8H3,(H,33,34). The summed E-state index contributed by atoms with van der Waals surface area (Å²) in [4.78, 5) is 35.5. The number of halogens is 1. The predicted octanol–water partition coefficient (Wildman–Crippen LogP) is 6.40. The molecule has 0 saturated carbocycles. The van der Waals surface area contributed by atoms with Gasteiger partial charge < -0.3 is 19.9 Å². The first kappa shape index (κ1) is 28.6. The van der Waals surface area contributed by atoms with Crippen molar-refractivity contribution >= 4 is 34.3 Å². The predicted molar refractivity (Wildman–Crippen MR) is 143 cm³/mol. The smallest absolute Gasteiger partial charge is 0.440 e. The van der Waals surface area contributed by atoms with Gasteiger partial charge in [0.05, 0.1) is 12.7 Å². The summed E-state index contributed by atoms with van der Waals surface area (Å²) in [6, 6.07) is 7.92. The Bertz CT molecular complexity index is 1350. The van der Waals surface area contributed by atoms with Crippen molar-refractivity contribution in [1.29, 1.82) is 0 Å². The van der Waals surface area contributed by atoms with Gasteiger partial charge in [-0.05, 0) is 95.8 Å². The molecule has 1 amide bonds. The molecule has 38 heavy (non-hydrogen) atoms. The molecule has 3 aromatic rings. The number of benzene rings is 2. The van der Waals surface area contributed by atoms with Crippen LogP contribution in [-0.4, -0.2) is 40.5 Å². The van der Waals surface area contributed by atoms with Crippen LogP contribution in [-0.2, 0) is 14.4 Å². The van der Waals surface area contributed by atoms with E-state index < -0.39 is 35.1 Å². The average Bonchev–Trinajstić information content (AvgIpc) is 2.79. The van der Waals surface area contributed by atoms with Crippen molar-refractivity contribution in [2.24, 2.45) is 0 Å². The lowest BCUT2D eigenvalue weighted by Crippen LogP contribution is -2.42. The molecule has 0 fully saturated rings. The van der Waals surface area contributed by atoms with E-state index >= 15 is 0 Å². The van der Waals surface area contributed by atoms with Crippen LogP contribution in [0, 0.1) is 12.7 Å². The van der Waals surface area contributed by atoms with Gasteiger partial charge in [0.25, 0.3) is 0 Å². The zero-order valence-corrected chi connectivity index (χ0v) is 22.9. The number of carbonyl (C=O) groups excluding carboxylic acids is 1. The molecule has 3 rings (SSSR count). The number of ether oxygens (including phenoxy) is 2. The molecule has 1 atom stereocenters. The van der Waals surface area contributed by atoms with Crippen LogP contribution in [0.2, 0.25) is 0 Å². The van der Waals surface area contributed by atoms with E-state index in [9.17, 15) is 19.1 Å². The molecule has 0 bridgehead atoms. The van der Waals surface area contributed by atoms with Gasteiger partial charge in [-0.1, -0.05) is 0 Å². The summed E-state index contributed by atoms with van der Waals surface area (Å²) in [5, 5.41) is 15.0. The number of methoxy groups -OCH3 is 1. The van der Waals surface area contributed by atoms with E-state index in [0.29, 0.717) is 27.8 Å². The maximum absolute atomic E-state index is 14.8. The highest BCUT2D eigenvalue weighted by Crippen LogP contribution is 2.33. The Hall–Kier alpha value is -3.92. The molecule has 2 aromatic carbocycles. The molecule has 1 aromatic heterocycles. The topological polar surface area (TPSA) is 110 Å². The Morgan fingerprint density at radius 3 is 2.32 bits per heavy atom. The third-order valence-corrected chi connectivity index (χ3v) is 5.24. The summed E-state index contributed by atoms with van der Waals surface area (Å²) in [6.45, 7) is 12.3. The van der Waals surface area contributed by atoms with E-state index in [0.717, 1.165) is 5.06 Å². The minimum Gasteiger partial charge on any atom is -0.496 e. The number of hydrogen-bond donors (Lipinski definition) is 2. The molecule has 0 aliphatic carbocycles. The molecular formula is C28H34FN3O6. The van der Waals surface area contributed by atoms with Crippen LogP contribution in [0.1, 0.15) is 58.7 Å². The number of carboxylic acid groups (broad SMARTS) is 1. The monoisotopic (exact) mass is 527 g/mol. The van der Waals surface area contributed by atoms with Crippen molar-refractivity contribution in [3.8, 4) is 5.75 Å². The minimum atomic E-state index is -1.38. The number of nitrogens with zero attached hydrogens (tertiary/aromatic N) is 2. The normalized spacial score (nSPS) is 12.7. The number of fused-ring (bicyclic) bond motifs is 1. The summed E-state index contributed by atoms with van der Waals surface area (Å²) in [5.41, 5.74) is -0.601. The Kier molecular flexibility index (Phi) is 8.16. The van der Waals surface area contributed by atoms with E-state index in [1.54, 1.807) is 72.7 Å². The fourth-order valence-corrected chi connectivity index (χ4v) is 3.71. The van der Waals surface area contributed by atoms with Gasteiger partial charge in [0.1, 0.15) is 17.2 Å². The van der Waals surface area contributed by atoms with Crippen LogP contribution < -0.4 is 15.1 Å². The average molecular weight is 528 g/mol. The van der Waals surface area contributed by atoms with Crippen LogP contribution in [0.4, 0.5) is 20.7 Å². The number of pyridine rings is 1. The van der Waals surface area contributed by atoms with E-state index in [4.69, 9.17) is 14.3 Å². The highest BCUT2D eigenvalue weighted by Gasteiger charge is 2.31. The summed E-state index contributed by atoms with van der Waals surface area (Å²) in [7, 11) is 1.44. The van der Waals surface area contributed by atoms with Crippen molar-refractivity contribution in [3.05, 3.63) is 59.5 Å². The van der Waals surface area contributed by atoms with Crippen molar-refractivity contribution in [2.75, 3.05) is 17.5 Å². The van der Waals surface area contributed by atoms with Gasteiger partial charge in [0, 0.05) is 22.8 Å². The molecule has 0 aliphatic rings. The highest BCUT2D eigenvalue weighted by atomic mass is 19.1. The first-order chi connectivity index (χ1) is 17.6. The second kappa shape index (κ2) is 10.8. The largest absolute Gasteiger partial charge is 0.496 e. The molecular weight excluding hydrogens is 493 g/mol. The first-order valence-corrected chi connectivity index (χ1v) is 12.0. The van der Waals surface area contributed by atoms with E-state index in [1.807, 2.05) is 0 Å². The number of rotatable bonds is 7. The number of amides is 1. The molecule has 0 saturated heterocycles. The van der Waals surface area contributed by atoms with Gasteiger partial charge in [-0.2, -0.15) is 0 Å².